The Morgan fingerprint density at radius 2 is 1.53 bits per heavy atom. The van der Waals surface area contributed by atoms with E-state index >= 15 is 0 Å². The van der Waals surface area contributed by atoms with Crippen molar-refractivity contribution in [2.45, 2.75) is 26.3 Å². The first-order valence-corrected chi connectivity index (χ1v) is 10.2. The minimum absolute atomic E-state index is 0.127. The highest BCUT2D eigenvalue weighted by Gasteiger charge is 2.22. The van der Waals surface area contributed by atoms with Crippen LogP contribution in [0.2, 0.25) is 0 Å². The Morgan fingerprint density at radius 1 is 0.833 bits per heavy atom. The Morgan fingerprint density at radius 3 is 2.27 bits per heavy atom. The number of carbonyl (C=O) groups excluding carboxylic acids is 1. The summed E-state index contributed by atoms with van der Waals surface area (Å²) in [5.41, 5.74) is 4.68. The van der Waals surface area contributed by atoms with Crippen LogP contribution in [0.15, 0.2) is 66.7 Å². The van der Waals surface area contributed by atoms with Gasteiger partial charge in [-0.25, -0.2) is 0 Å². The lowest BCUT2D eigenvalue weighted by atomic mass is 10.0. The van der Waals surface area contributed by atoms with Gasteiger partial charge in [0, 0.05) is 23.9 Å². The van der Waals surface area contributed by atoms with Crippen LogP contribution in [0.3, 0.4) is 0 Å². The van der Waals surface area contributed by atoms with Crippen molar-refractivity contribution >= 4 is 17.3 Å². The number of ether oxygens (including phenoxy) is 2. The summed E-state index contributed by atoms with van der Waals surface area (Å²) >= 11 is 0. The van der Waals surface area contributed by atoms with Gasteiger partial charge >= 0.3 is 0 Å². The van der Waals surface area contributed by atoms with Crippen LogP contribution >= 0.6 is 0 Å². The van der Waals surface area contributed by atoms with E-state index in [-0.39, 0.29) is 5.91 Å². The minimum Gasteiger partial charge on any atom is -0.490 e. The van der Waals surface area contributed by atoms with E-state index in [0.29, 0.717) is 19.0 Å². The molecule has 1 atom stereocenters. The first kappa shape index (κ1) is 19.8. The first-order valence-electron chi connectivity index (χ1n) is 10.2. The number of benzene rings is 3. The van der Waals surface area contributed by atoms with Crippen molar-refractivity contribution in [1.29, 1.82) is 0 Å². The van der Waals surface area contributed by atoms with E-state index in [1.807, 2.05) is 74.5 Å². The van der Waals surface area contributed by atoms with Crippen molar-refractivity contribution in [3.63, 3.8) is 0 Å². The Hall–Kier alpha value is -3.47. The van der Waals surface area contributed by atoms with Gasteiger partial charge in [0.2, 0.25) is 0 Å². The number of amides is 1. The Labute approximate surface area is 177 Å². The predicted molar refractivity (Wildman–Crippen MR) is 119 cm³/mol. The summed E-state index contributed by atoms with van der Waals surface area (Å²) in [5, 5.41) is 6.42. The van der Waals surface area contributed by atoms with Crippen molar-refractivity contribution in [3.8, 4) is 11.5 Å². The van der Waals surface area contributed by atoms with E-state index in [4.69, 9.17) is 9.47 Å². The summed E-state index contributed by atoms with van der Waals surface area (Å²) in [4.78, 5) is 13.3. The molecule has 0 fully saturated rings. The minimum atomic E-state index is -0.559. The summed E-state index contributed by atoms with van der Waals surface area (Å²) in [5.74, 6) is 1.30. The van der Waals surface area contributed by atoms with E-state index in [2.05, 4.69) is 16.7 Å². The van der Waals surface area contributed by atoms with Crippen LogP contribution in [-0.4, -0.2) is 19.1 Å². The number of aryl methyl sites for hydroxylation is 2. The molecule has 0 aromatic heterocycles. The normalized spacial score (nSPS) is 13.8. The second-order valence-corrected chi connectivity index (χ2v) is 7.57. The second-order valence-electron chi connectivity index (χ2n) is 7.57. The fraction of sp³-hybridized carbons (Fsp3) is 0.240. The zero-order chi connectivity index (χ0) is 20.9. The van der Waals surface area contributed by atoms with Crippen LogP contribution < -0.4 is 20.1 Å². The predicted octanol–water partition coefficient (Wildman–Crippen LogP) is 5.26. The zero-order valence-corrected chi connectivity index (χ0v) is 17.3. The summed E-state index contributed by atoms with van der Waals surface area (Å²) in [7, 11) is 0. The van der Waals surface area contributed by atoms with Crippen LogP contribution in [0.5, 0.6) is 11.5 Å². The molecule has 1 amide bonds. The molecule has 0 unspecified atom stereocenters. The fourth-order valence-electron chi connectivity index (χ4n) is 3.63. The molecule has 3 aromatic rings. The van der Waals surface area contributed by atoms with Crippen molar-refractivity contribution in [2.24, 2.45) is 0 Å². The molecular weight excluding hydrogens is 376 g/mol. The fourth-order valence-corrected chi connectivity index (χ4v) is 3.63. The molecule has 1 aliphatic rings. The molecule has 5 heteroatoms. The van der Waals surface area contributed by atoms with E-state index in [0.717, 1.165) is 40.2 Å². The third-order valence-electron chi connectivity index (χ3n) is 4.94. The second kappa shape index (κ2) is 8.91. The van der Waals surface area contributed by atoms with Crippen LogP contribution in [0.1, 0.15) is 29.2 Å². The first-order chi connectivity index (χ1) is 14.6. The van der Waals surface area contributed by atoms with Gasteiger partial charge in [-0.15, -0.1) is 0 Å². The Bertz CT molecular complexity index is 1010. The molecule has 30 heavy (non-hydrogen) atoms. The molecule has 4 rings (SSSR count). The number of hydrogen-bond acceptors (Lipinski definition) is 4. The molecular formula is C25H26N2O3. The third kappa shape index (κ3) is 4.74. The summed E-state index contributed by atoms with van der Waals surface area (Å²) < 4.78 is 11.5. The molecule has 0 aliphatic carbocycles. The topological polar surface area (TPSA) is 59.6 Å². The summed E-state index contributed by atoms with van der Waals surface area (Å²) in [6, 6.07) is 20.9. The SMILES string of the molecule is Cc1cc(C)cc(NC(=O)[C@H](Nc2ccc3c(c2)OCCCO3)c2ccccc2)c1. The van der Waals surface area contributed by atoms with Gasteiger partial charge in [-0.2, -0.15) is 0 Å². The highest BCUT2D eigenvalue weighted by atomic mass is 16.5. The number of anilines is 2. The van der Waals surface area contributed by atoms with Gasteiger partial charge in [0.15, 0.2) is 11.5 Å². The highest BCUT2D eigenvalue weighted by molar-refractivity contribution is 5.97. The quantitative estimate of drug-likeness (QED) is 0.611. The van der Waals surface area contributed by atoms with Crippen molar-refractivity contribution < 1.29 is 14.3 Å². The molecule has 1 heterocycles. The lowest BCUT2D eigenvalue weighted by Crippen LogP contribution is -2.27. The van der Waals surface area contributed by atoms with Crippen molar-refractivity contribution in [1.82, 2.24) is 0 Å². The van der Waals surface area contributed by atoms with Gasteiger partial charge in [-0.3, -0.25) is 4.79 Å². The lowest BCUT2D eigenvalue weighted by Gasteiger charge is -2.21. The molecule has 154 valence electrons. The van der Waals surface area contributed by atoms with Gasteiger partial charge in [-0.1, -0.05) is 36.4 Å². The molecule has 0 saturated carbocycles. The monoisotopic (exact) mass is 402 g/mol. The molecule has 0 bridgehead atoms. The molecule has 1 aliphatic heterocycles. The van der Waals surface area contributed by atoms with E-state index in [1.54, 1.807) is 0 Å². The summed E-state index contributed by atoms with van der Waals surface area (Å²) in [6.07, 6.45) is 0.850. The average molecular weight is 402 g/mol. The standard InChI is InChI=1S/C25H26N2O3/c1-17-13-18(2)15-21(14-17)27-25(28)24(19-7-4-3-5-8-19)26-20-9-10-22-23(16-20)30-12-6-11-29-22/h3-5,7-10,13-16,24,26H,6,11-12H2,1-2H3,(H,27,28)/t24-/m1/s1. The maximum atomic E-state index is 13.3. The largest absolute Gasteiger partial charge is 0.490 e. The zero-order valence-electron chi connectivity index (χ0n) is 17.3. The lowest BCUT2D eigenvalue weighted by molar-refractivity contribution is -0.117. The van der Waals surface area contributed by atoms with Gasteiger partial charge in [0.05, 0.1) is 13.2 Å². The Kier molecular flexibility index (Phi) is 5.89. The molecule has 5 nitrogen and oxygen atoms in total. The molecule has 0 spiro atoms. The van der Waals surface area contributed by atoms with E-state index in [9.17, 15) is 4.79 Å². The average Bonchev–Trinajstić information content (AvgIpc) is 2.97. The van der Waals surface area contributed by atoms with Crippen molar-refractivity contribution in [3.05, 3.63) is 83.4 Å². The molecule has 0 radical (unpaired) electrons. The Balaban J connectivity index is 1.60. The molecule has 3 aromatic carbocycles. The van der Waals surface area contributed by atoms with Gasteiger partial charge < -0.3 is 20.1 Å². The van der Waals surface area contributed by atoms with E-state index < -0.39 is 6.04 Å². The van der Waals surface area contributed by atoms with Gasteiger partial charge in [0.25, 0.3) is 5.91 Å². The van der Waals surface area contributed by atoms with Crippen LogP contribution in [0.4, 0.5) is 11.4 Å². The maximum absolute atomic E-state index is 13.3. The number of carbonyl (C=O) groups is 1. The van der Waals surface area contributed by atoms with Crippen LogP contribution in [0, 0.1) is 13.8 Å². The molecule has 2 N–H and O–H groups in total. The van der Waals surface area contributed by atoms with E-state index in [1.165, 1.54) is 0 Å². The number of rotatable bonds is 5. The number of fused-ring (bicyclic) bond motifs is 1. The smallest absolute Gasteiger partial charge is 0.251 e. The maximum Gasteiger partial charge on any atom is 0.251 e. The number of nitrogens with one attached hydrogen (secondary N) is 2. The van der Waals surface area contributed by atoms with Crippen molar-refractivity contribution in [2.75, 3.05) is 23.8 Å². The van der Waals surface area contributed by atoms with Crippen LogP contribution in [-0.2, 0) is 4.79 Å². The summed E-state index contributed by atoms with van der Waals surface area (Å²) in [6.45, 7) is 5.30. The van der Waals surface area contributed by atoms with Crippen LogP contribution in [0.25, 0.3) is 0 Å². The number of hydrogen-bond donors (Lipinski definition) is 2. The molecule has 0 saturated heterocycles. The highest BCUT2D eigenvalue weighted by Crippen LogP contribution is 2.33. The van der Waals surface area contributed by atoms with Gasteiger partial charge in [0.1, 0.15) is 6.04 Å². The van der Waals surface area contributed by atoms with Gasteiger partial charge in [-0.05, 0) is 54.8 Å². The third-order valence-corrected chi connectivity index (χ3v) is 4.94.